The maximum atomic E-state index is 5.88. The highest BCUT2D eigenvalue weighted by atomic mass is 16.5. The van der Waals surface area contributed by atoms with Gasteiger partial charge in [-0.05, 0) is 18.2 Å². The van der Waals surface area contributed by atoms with E-state index in [1.807, 2.05) is 30.3 Å². The molecular weight excluding hydrogens is 222 g/mol. The van der Waals surface area contributed by atoms with Gasteiger partial charge < -0.3 is 9.64 Å². The predicted octanol–water partition coefficient (Wildman–Crippen LogP) is 3.90. The summed E-state index contributed by atoms with van der Waals surface area (Å²) < 4.78 is 5.88. The molecule has 1 aliphatic heterocycles. The maximum Gasteiger partial charge on any atom is 0.143 e. The molecule has 0 saturated heterocycles. The van der Waals surface area contributed by atoms with Crippen molar-refractivity contribution in [3.63, 3.8) is 0 Å². The van der Waals surface area contributed by atoms with Gasteiger partial charge in [0.15, 0.2) is 0 Å². The van der Waals surface area contributed by atoms with Crippen molar-refractivity contribution in [1.29, 1.82) is 0 Å². The number of ether oxygens (including phenoxy) is 1. The van der Waals surface area contributed by atoms with Crippen LogP contribution in [0.4, 0.5) is 11.4 Å². The summed E-state index contributed by atoms with van der Waals surface area (Å²) in [5, 5.41) is 0. The topological polar surface area (TPSA) is 12.5 Å². The molecule has 2 heteroatoms. The van der Waals surface area contributed by atoms with Crippen molar-refractivity contribution < 1.29 is 4.74 Å². The molecule has 2 aromatic rings. The molecule has 2 nitrogen and oxygen atoms in total. The van der Waals surface area contributed by atoms with E-state index >= 15 is 0 Å². The zero-order chi connectivity index (χ0) is 12.4. The highest BCUT2D eigenvalue weighted by Gasteiger charge is 2.19. The van der Waals surface area contributed by atoms with Crippen LogP contribution in [0.2, 0.25) is 0 Å². The first-order chi connectivity index (χ1) is 8.90. The summed E-state index contributed by atoms with van der Waals surface area (Å²) in [5.74, 6) is 0.926. The van der Waals surface area contributed by atoms with Gasteiger partial charge in [0.1, 0.15) is 12.4 Å². The fourth-order valence-electron chi connectivity index (χ4n) is 2.31. The summed E-state index contributed by atoms with van der Waals surface area (Å²) in [7, 11) is 0. The lowest BCUT2D eigenvalue weighted by Crippen LogP contribution is -2.17. The van der Waals surface area contributed by atoms with E-state index in [2.05, 4.69) is 35.7 Å². The first-order valence-electron chi connectivity index (χ1n) is 6.08. The van der Waals surface area contributed by atoms with Gasteiger partial charge in [0.2, 0.25) is 0 Å². The van der Waals surface area contributed by atoms with E-state index in [1.165, 1.54) is 11.3 Å². The van der Waals surface area contributed by atoms with Crippen molar-refractivity contribution in [2.75, 3.05) is 11.4 Å². The summed E-state index contributed by atoms with van der Waals surface area (Å²) in [6.07, 6.45) is 1.92. The van der Waals surface area contributed by atoms with Crippen LogP contribution in [-0.2, 0) is 6.61 Å². The number of hydrogen-bond donors (Lipinski definition) is 0. The Hall–Kier alpha value is -2.22. The van der Waals surface area contributed by atoms with Crippen LogP contribution in [0.3, 0.4) is 0 Å². The molecule has 0 unspecified atom stereocenters. The van der Waals surface area contributed by atoms with Crippen LogP contribution in [-0.4, -0.2) is 6.54 Å². The lowest BCUT2D eigenvalue weighted by molar-refractivity contribution is 0.310. The average molecular weight is 237 g/mol. The lowest BCUT2D eigenvalue weighted by Gasteiger charge is -2.24. The summed E-state index contributed by atoms with van der Waals surface area (Å²) in [4.78, 5) is 2.24. The van der Waals surface area contributed by atoms with Crippen LogP contribution >= 0.6 is 0 Å². The quantitative estimate of drug-likeness (QED) is 0.734. The molecule has 2 aromatic carbocycles. The molecular formula is C16H15NO. The SMILES string of the molecule is C=CCN1c2ccccc2COc2ccccc21. The largest absolute Gasteiger partial charge is 0.487 e. The molecule has 0 N–H and O–H groups in total. The molecule has 0 aliphatic carbocycles. The van der Waals surface area contributed by atoms with Gasteiger partial charge >= 0.3 is 0 Å². The fourth-order valence-corrected chi connectivity index (χ4v) is 2.31. The van der Waals surface area contributed by atoms with Crippen molar-refractivity contribution in [2.45, 2.75) is 6.61 Å². The highest BCUT2D eigenvalue weighted by Crippen LogP contribution is 2.38. The Kier molecular flexibility index (Phi) is 2.77. The highest BCUT2D eigenvalue weighted by molar-refractivity contribution is 5.73. The fraction of sp³-hybridized carbons (Fsp3) is 0.125. The molecule has 18 heavy (non-hydrogen) atoms. The van der Waals surface area contributed by atoms with Gasteiger partial charge in [-0.25, -0.2) is 0 Å². The minimum Gasteiger partial charge on any atom is -0.487 e. The standard InChI is InChI=1S/C16H15NO/c1-2-11-17-14-8-4-3-7-13(14)12-18-16-10-6-5-9-15(16)17/h2-10H,1,11-12H2. The van der Waals surface area contributed by atoms with E-state index in [9.17, 15) is 0 Å². The Morgan fingerprint density at radius 3 is 2.61 bits per heavy atom. The third-order valence-corrected chi connectivity index (χ3v) is 3.13. The van der Waals surface area contributed by atoms with E-state index in [1.54, 1.807) is 0 Å². The molecule has 3 rings (SSSR count). The van der Waals surface area contributed by atoms with Gasteiger partial charge in [-0.2, -0.15) is 0 Å². The zero-order valence-electron chi connectivity index (χ0n) is 10.2. The molecule has 0 aromatic heterocycles. The molecule has 0 radical (unpaired) electrons. The third-order valence-electron chi connectivity index (χ3n) is 3.13. The number of para-hydroxylation sites is 3. The summed E-state index contributed by atoms with van der Waals surface area (Å²) in [6.45, 7) is 5.24. The Morgan fingerprint density at radius 1 is 1.06 bits per heavy atom. The molecule has 0 bridgehead atoms. The van der Waals surface area contributed by atoms with Gasteiger partial charge in [0, 0.05) is 17.8 Å². The molecule has 1 heterocycles. The minimum atomic E-state index is 0.612. The second-order valence-corrected chi connectivity index (χ2v) is 4.28. The Balaban J connectivity index is 2.17. The van der Waals surface area contributed by atoms with Crippen molar-refractivity contribution in [2.24, 2.45) is 0 Å². The van der Waals surface area contributed by atoms with E-state index in [4.69, 9.17) is 4.74 Å². The second kappa shape index (κ2) is 4.57. The van der Waals surface area contributed by atoms with Gasteiger partial charge in [-0.15, -0.1) is 6.58 Å². The smallest absolute Gasteiger partial charge is 0.143 e. The average Bonchev–Trinajstić information content (AvgIpc) is 2.58. The number of benzene rings is 2. The monoisotopic (exact) mass is 237 g/mol. The lowest BCUT2D eigenvalue weighted by atomic mass is 10.1. The number of rotatable bonds is 2. The van der Waals surface area contributed by atoms with Gasteiger partial charge in [0.25, 0.3) is 0 Å². The van der Waals surface area contributed by atoms with Crippen LogP contribution in [0, 0.1) is 0 Å². The number of fused-ring (bicyclic) bond motifs is 2. The summed E-state index contributed by atoms with van der Waals surface area (Å²) in [5.41, 5.74) is 3.50. The first kappa shape index (κ1) is 10.9. The van der Waals surface area contributed by atoms with E-state index in [0.717, 1.165) is 18.0 Å². The van der Waals surface area contributed by atoms with Crippen LogP contribution in [0.5, 0.6) is 5.75 Å². The molecule has 1 aliphatic rings. The van der Waals surface area contributed by atoms with E-state index in [-0.39, 0.29) is 0 Å². The van der Waals surface area contributed by atoms with E-state index in [0.29, 0.717) is 6.61 Å². The van der Waals surface area contributed by atoms with E-state index < -0.39 is 0 Å². The Morgan fingerprint density at radius 2 is 1.78 bits per heavy atom. The second-order valence-electron chi connectivity index (χ2n) is 4.28. The predicted molar refractivity (Wildman–Crippen MR) is 74.4 cm³/mol. The maximum absolute atomic E-state index is 5.88. The Bertz CT molecular complexity index is 529. The molecule has 90 valence electrons. The van der Waals surface area contributed by atoms with Crippen molar-refractivity contribution in [3.8, 4) is 5.75 Å². The minimum absolute atomic E-state index is 0.612. The van der Waals surface area contributed by atoms with Crippen molar-refractivity contribution >= 4 is 11.4 Å². The van der Waals surface area contributed by atoms with Gasteiger partial charge in [0.05, 0.1) is 5.69 Å². The van der Waals surface area contributed by atoms with Gasteiger partial charge in [-0.1, -0.05) is 36.4 Å². The molecule has 0 atom stereocenters. The van der Waals surface area contributed by atoms with Crippen molar-refractivity contribution in [1.82, 2.24) is 0 Å². The number of anilines is 2. The summed E-state index contributed by atoms with van der Waals surface area (Å²) in [6, 6.07) is 16.5. The molecule has 0 spiro atoms. The Labute approximate surface area is 107 Å². The van der Waals surface area contributed by atoms with Crippen LogP contribution in [0.25, 0.3) is 0 Å². The van der Waals surface area contributed by atoms with Crippen LogP contribution in [0.15, 0.2) is 61.2 Å². The van der Waals surface area contributed by atoms with Gasteiger partial charge in [-0.3, -0.25) is 0 Å². The number of hydrogen-bond acceptors (Lipinski definition) is 2. The molecule has 0 saturated carbocycles. The first-order valence-corrected chi connectivity index (χ1v) is 6.08. The zero-order valence-corrected chi connectivity index (χ0v) is 10.2. The van der Waals surface area contributed by atoms with Crippen LogP contribution < -0.4 is 9.64 Å². The number of nitrogens with zero attached hydrogens (tertiary/aromatic N) is 1. The summed E-state index contributed by atoms with van der Waals surface area (Å²) >= 11 is 0. The van der Waals surface area contributed by atoms with Crippen molar-refractivity contribution in [3.05, 3.63) is 66.7 Å². The normalized spacial score (nSPS) is 13.0. The van der Waals surface area contributed by atoms with Crippen LogP contribution in [0.1, 0.15) is 5.56 Å². The third kappa shape index (κ3) is 1.76. The molecule has 0 amide bonds. The molecule has 0 fully saturated rings.